The fourth-order valence-corrected chi connectivity index (χ4v) is 5.64. The van der Waals surface area contributed by atoms with Crippen LogP contribution in [0.5, 0.6) is 5.88 Å². The van der Waals surface area contributed by atoms with E-state index < -0.39 is 21.8 Å². The van der Waals surface area contributed by atoms with Crippen LogP contribution >= 0.6 is 15.9 Å². The van der Waals surface area contributed by atoms with E-state index in [0.29, 0.717) is 23.3 Å². The van der Waals surface area contributed by atoms with Gasteiger partial charge >= 0.3 is 0 Å². The number of ether oxygens (including phenoxy) is 1. The van der Waals surface area contributed by atoms with Gasteiger partial charge in [-0.25, -0.2) is 18.1 Å². The molecule has 4 rings (SSSR count). The maximum atomic E-state index is 13.1. The lowest BCUT2D eigenvalue weighted by Gasteiger charge is -2.26. The van der Waals surface area contributed by atoms with Gasteiger partial charge in [0, 0.05) is 21.6 Å². The highest BCUT2D eigenvalue weighted by Gasteiger charge is 2.34. The summed E-state index contributed by atoms with van der Waals surface area (Å²) in [5.41, 5.74) is 1.59. The van der Waals surface area contributed by atoms with Crippen LogP contribution in [-0.4, -0.2) is 26.4 Å². The molecule has 0 aliphatic heterocycles. The number of nitrogens with one attached hydrogen (secondary N) is 1. The number of hydrogen-bond acceptors (Lipinski definition) is 5. The van der Waals surface area contributed by atoms with E-state index in [-0.39, 0.29) is 4.90 Å². The number of sulfonamides is 1. The molecule has 0 unspecified atom stereocenters. The van der Waals surface area contributed by atoms with Gasteiger partial charge < -0.3 is 4.74 Å². The number of benzene rings is 2. The predicted octanol–water partition coefficient (Wildman–Crippen LogP) is 3.93. The summed E-state index contributed by atoms with van der Waals surface area (Å²) >= 11 is 3.48. The SMILES string of the molecule is COc1ncc(Br)c2c1[C@@H](C(=O)NS(=O)(=O)c1cccc3ccccc13)CCC2. The molecule has 0 saturated carbocycles. The lowest BCUT2D eigenvalue weighted by molar-refractivity contribution is -0.121. The van der Waals surface area contributed by atoms with Gasteiger partial charge in [-0.1, -0.05) is 36.4 Å². The maximum Gasteiger partial charge on any atom is 0.264 e. The Morgan fingerprint density at radius 2 is 1.97 bits per heavy atom. The number of rotatable bonds is 4. The van der Waals surface area contributed by atoms with E-state index in [1.54, 1.807) is 24.4 Å². The number of hydrogen-bond donors (Lipinski definition) is 1. The first kappa shape index (κ1) is 19.8. The molecule has 1 amide bonds. The van der Waals surface area contributed by atoms with Gasteiger partial charge in [0.05, 0.1) is 17.9 Å². The molecule has 0 radical (unpaired) electrons. The molecule has 1 N–H and O–H groups in total. The van der Waals surface area contributed by atoms with Crippen molar-refractivity contribution in [2.45, 2.75) is 30.1 Å². The zero-order valence-electron chi connectivity index (χ0n) is 15.7. The van der Waals surface area contributed by atoms with E-state index in [9.17, 15) is 13.2 Å². The van der Waals surface area contributed by atoms with Crippen LogP contribution in [0.25, 0.3) is 10.8 Å². The normalized spacial score (nSPS) is 16.3. The Morgan fingerprint density at radius 3 is 2.76 bits per heavy atom. The third-order valence-corrected chi connectivity index (χ3v) is 7.28. The molecule has 3 aromatic rings. The van der Waals surface area contributed by atoms with E-state index in [1.807, 2.05) is 18.2 Å². The Kier molecular flexibility index (Phi) is 5.31. The van der Waals surface area contributed by atoms with Gasteiger partial charge in [-0.15, -0.1) is 0 Å². The molecule has 2 aromatic carbocycles. The summed E-state index contributed by atoms with van der Waals surface area (Å²) in [5.74, 6) is -0.869. The summed E-state index contributed by atoms with van der Waals surface area (Å²) in [7, 11) is -2.55. The van der Waals surface area contributed by atoms with Crippen LogP contribution in [0.2, 0.25) is 0 Å². The number of carbonyl (C=O) groups excluding carboxylic acids is 1. The maximum absolute atomic E-state index is 13.1. The molecule has 6 nitrogen and oxygen atoms in total. The van der Waals surface area contributed by atoms with Crippen LogP contribution in [0.3, 0.4) is 0 Å². The monoisotopic (exact) mass is 474 g/mol. The summed E-state index contributed by atoms with van der Waals surface area (Å²) < 4.78 is 34.5. The molecule has 1 aliphatic rings. The van der Waals surface area contributed by atoms with Gasteiger partial charge in [0.2, 0.25) is 11.8 Å². The van der Waals surface area contributed by atoms with Crippen LogP contribution < -0.4 is 9.46 Å². The van der Waals surface area contributed by atoms with E-state index in [4.69, 9.17) is 4.74 Å². The topological polar surface area (TPSA) is 85.4 Å². The fraction of sp³-hybridized carbons (Fsp3) is 0.238. The van der Waals surface area contributed by atoms with Crippen molar-refractivity contribution < 1.29 is 17.9 Å². The van der Waals surface area contributed by atoms with Crippen LogP contribution in [0, 0.1) is 0 Å². The highest BCUT2D eigenvalue weighted by Crippen LogP contribution is 2.40. The molecule has 0 saturated heterocycles. The van der Waals surface area contributed by atoms with Crippen molar-refractivity contribution in [2.24, 2.45) is 0 Å². The standard InChI is InChI=1S/C21H19BrN2O4S/c1-28-21-19-15(17(22)12-23-21)9-5-10-16(19)20(25)24-29(26,27)18-11-4-7-13-6-2-3-8-14(13)18/h2-4,6-8,11-12,16H,5,9-10H2,1H3,(H,24,25)/t16-/m0/s1. The second kappa shape index (κ2) is 7.76. The molecule has 150 valence electrons. The predicted molar refractivity (Wildman–Crippen MR) is 113 cm³/mol. The minimum Gasteiger partial charge on any atom is -0.481 e. The minimum atomic E-state index is -4.04. The molecule has 8 heteroatoms. The lowest BCUT2D eigenvalue weighted by Crippen LogP contribution is -2.36. The third-order valence-electron chi connectivity index (χ3n) is 5.19. The summed E-state index contributed by atoms with van der Waals surface area (Å²) in [5, 5.41) is 1.36. The molecule has 0 fully saturated rings. The fourth-order valence-electron chi connectivity index (χ4n) is 3.87. The quantitative estimate of drug-likeness (QED) is 0.618. The van der Waals surface area contributed by atoms with Crippen molar-refractivity contribution in [3.8, 4) is 5.88 Å². The largest absolute Gasteiger partial charge is 0.481 e. The summed E-state index contributed by atoms with van der Waals surface area (Å²) in [4.78, 5) is 17.4. The first-order valence-corrected chi connectivity index (χ1v) is 11.5. The minimum absolute atomic E-state index is 0.0827. The van der Waals surface area contributed by atoms with Gasteiger partial charge in [0.25, 0.3) is 10.0 Å². The third kappa shape index (κ3) is 3.62. The number of aromatic nitrogens is 1. The summed E-state index contributed by atoms with van der Waals surface area (Å²) in [6.07, 6.45) is 3.71. The second-order valence-corrected chi connectivity index (χ2v) is 9.40. The Morgan fingerprint density at radius 1 is 1.21 bits per heavy atom. The van der Waals surface area contributed by atoms with E-state index >= 15 is 0 Å². The van der Waals surface area contributed by atoms with Crippen LogP contribution in [0.1, 0.15) is 29.9 Å². The first-order chi connectivity index (χ1) is 13.9. The summed E-state index contributed by atoms with van der Waals surface area (Å²) in [6.45, 7) is 0. The summed E-state index contributed by atoms with van der Waals surface area (Å²) in [6, 6.07) is 12.2. The Balaban J connectivity index is 1.72. The smallest absolute Gasteiger partial charge is 0.264 e. The van der Waals surface area contributed by atoms with Crippen LogP contribution in [0.4, 0.5) is 0 Å². The van der Waals surface area contributed by atoms with Crippen molar-refractivity contribution in [3.05, 3.63) is 64.3 Å². The van der Waals surface area contributed by atoms with Crippen molar-refractivity contribution in [2.75, 3.05) is 7.11 Å². The first-order valence-electron chi connectivity index (χ1n) is 9.18. The van der Waals surface area contributed by atoms with Crippen molar-refractivity contribution in [1.82, 2.24) is 9.71 Å². The molecule has 1 atom stereocenters. The number of carbonyl (C=O) groups is 1. The zero-order valence-corrected chi connectivity index (χ0v) is 18.1. The molecule has 1 heterocycles. The van der Waals surface area contributed by atoms with E-state index in [2.05, 4.69) is 25.6 Å². The van der Waals surface area contributed by atoms with Crippen molar-refractivity contribution in [3.63, 3.8) is 0 Å². The van der Waals surface area contributed by atoms with Crippen molar-refractivity contribution >= 4 is 42.6 Å². The number of methoxy groups -OCH3 is 1. The average Bonchev–Trinajstić information content (AvgIpc) is 2.73. The molecule has 29 heavy (non-hydrogen) atoms. The Bertz CT molecular complexity index is 1210. The molecular formula is C21H19BrN2O4S. The van der Waals surface area contributed by atoms with Crippen molar-refractivity contribution in [1.29, 1.82) is 0 Å². The zero-order chi connectivity index (χ0) is 20.6. The van der Waals surface area contributed by atoms with Gasteiger partial charge in [0.1, 0.15) is 0 Å². The van der Waals surface area contributed by atoms with Crippen LogP contribution in [0.15, 0.2) is 58.0 Å². The number of nitrogens with zero attached hydrogens (tertiary/aromatic N) is 1. The van der Waals surface area contributed by atoms with Gasteiger partial charge in [-0.3, -0.25) is 4.79 Å². The van der Waals surface area contributed by atoms with Crippen LogP contribution in [-0.2, 0) is 21.2 Å². The number of pyridine rings is 1. The van der Waals surface area contributed by atoms with Gasteiger partial charge in [-0.2, -0.15) is 0 Å². The van der Waals surface area contributed by atoms with Gasteiger partial charge in [-0.05, 0) is 52.2 Å². The Labute approximate surface area is 177 Å². The number of halogens is 1. The molecule has 1 aliphatic carbocycles. The highest BCUT2D eigenvalue weighted by atomic mass is 79.9. The average molecular weight is 475 g/mol. The lowest BCUT2D eigenvalue weighted by atomic mass is 9.83. The van der Waals surface area contributed by atoms with E-state index in [0.717, 1.165) is 28.3 Å². The van der Waals surface area contributed by atoms with E-state index in [1.165, 1.54) is 13.2 Å². The number of fused-ring (bicyclic) bond motifs is 2. The molecule has 0 spiro atoms. The molecule has 0 bridgehead atoms. The Hall–Kier alpha value is -2.45. The van der Waals surface area contributed by atoms with Gasteiger partial charge in [0.15, 0.2) is 0 Å². The highest BCUT2D eigenvalue weighted by molar-refractivity contribution is 9.10. The molecule has 1 aromatic heterocycles. The number of amides is 1. The second-order valence-electron chi connectivity index (χ2n) is 6.90. The molecular weight excluding hydrogens is 456 g/mol.